The lowest BCUT2D eigenvalue weighted by Gasteiger charge is -2.49. The van der Waals surface area contributed by atoms with Gasteiger partial charge in [0.2, 0.25) is 5.72 Å². The number of amides is 2. The van der Waals surface area contributed by atoms with Gasteiger partial charge in [-0.2, -0.15) is 0 Å². The van der Waals surface area contributed by atoms with Crippen molar-refractivity contribution in [2.24, 2.45) is 0 Å². The van der Waals surface area contributed by atoms with E-state index in [9.17, 15) is 24.9 Å². The molecule has 4 atom stereocenters. The summed E-state index contributed by atoms with van der Waals surface area (Å²) in [6, 6.07) is 0. The molecule has 0 radical (unpaired) electrons. The maximum atomic E-state index is 12.2. The molecule has 0 aromatic heterocycles. The van der Waals surface area contributed by atoms with Gasteiger partial charge in [0.25, 0.3) is 17.5 Å². The molecule has 3 heterocycles. The molecule has 126 valence electrons. The van der Waals surface area contributed by atoms with E-state index in [2.05, 4.69) is 11.9 Å². The number of hydrogen-bond donors (Lipinski definition) is 6. The molecule has 3 aliphatic rings. The van der Waals surface area contributed by atoms with E-state index in [1.54, 1.807) is 0 Å². The zero-order valence-electron chi connectivity index (χ0n) is 11.9. The number of fused-ring (bicyclic) bond motifs is 5. The molecule has 3 fully saturated rings. The average molecular weight is 320 g/mol. The molecule has 22 heavy (non-hydrogen) atoms. The van der Waals surface area contributed by atoms with E-state index in [0.717, 1.165) is 6.92 Å². The molecule has 3 rings (SSSR count). The molecular formula is C12H20N2O8. The van der Waals surface area contributed by atoms with Crippen LogP contribution in [0.5, 0.6) is 0 Å². The second-order valence-electron chi connectivity index (χ2n) is 5.47. The first kappa shape index (κ1) is 18.5. The number of rotatable bonds is 3. The number of aliphatic hydroxyl groups is 4. The molecule has 8 N–H and O–H groups in total. The van der Waals surface area contributed by atoms with Crippen LogP contribution < -0.4 is 10.6 Å². The van der Waals surface area contributed by atoms with Crippen LogP contribution in [0.4, 0.5) is 0 Å². The van der Waals surface area contributed by atoms with Gasteiger partial charge in [0, 0.05) is 0 Å². The molecule has 0 aromatic rings. The van der Waals surface area contributed by atoms with Gasteiger partial charge >= 0.3 is 0 Å². The van der Waals surface area contributed by atoms with Crippen molar-refractivity contribution >= 4 is 11.8 Å². The van der Waals surface area contributed by atoms with Crippen LogP contribution in [0, 0.1) is 0 Å². The Morgan fingerprint density at radius 3 is 2.55 bits per heavy atom. The summed E-state index contributed by atoms with van der Waals surface area (Å²) in [6.45, 7) is 3.59. The van der Waals surface area contributed by atoms with Crippen LogP contribution in [-0.2, 0) is 14.3 Å². The molecule has 0 spiro atoms. The van der Waals surface area contributed by atoms with E-state index in [1.165, 1.54) is 0 Å². The normalized spacial score (nSPS) is 35.4. The third-order valence-electron chi connectivity index (χ3n) is 3.80. The van der Waals surface area contributed by atoms with Crippen LogP contribution in [0.25, 0.3) is 0 Å². The first-order valence-corrected chi connectivity index (χ1v) is 6.31. The lowest BCUT2D eigenvalue weighted by molar-refractivity contribution is -0.230. The minimum absolute atomic E-state index is 0. The predicted octanol–water partition coefficient (Wildman–Crippen LogP) is -4.13. The highest BCUT2D eigenvalue weighted by molar-refractivity contribution is 6.02. The average Bonchev–Trinajstić information content (AvgIpc) is 2.42. The van der Waals surface area contributed by atoms with Gasteiger partial charge in [-0.3, -0.25) is 9.59 Å². The molecule has 3 saturated heterocycles. The molecule has 0 aromatic carbocycles. The lowest BCUT2D eigenvalue weighted by atomic mass is 9.85. The number of carbonyl (C=O) groups excluding carboxylic acids is 2. The summed E-state index contributed by atoms with van der Waals surface area (Å²) in [6.07, 6.45) is -1.91. The van der Waals surface area contributed by atoms with E-state index in [1.807, 2.05) is 5.32 Å². The Bertz CT molecular complexity index is 507. The van der Waals surface area contributed by atoms with Crippen LogP contribution >= 0.6 is 0 Å². The van der Waals surface area contributed by atoms with Crippen molar-refractivity contribution in [2.75, 3.05) is 13.2 Å². The maximum Gasteiger partial charge on any atom is 0.280 e. The second kappa shape index (κ2) is 5.57. The molecule has 2 amide bonds. The van der Waals surface area contributed by atoms with E-state index >= 15 is 0 Å². The fraction of sp³-hybridized carbons (Fsp3) is 0.667. The van der Waals surface area contributed by atoms with Crippen molar-refractivity contribution in [3.63, 3.8) is 0 Å². The minimum atomic E-state index is -2.31. The number of nitrogens with one attached hydrogen (secondary N) is 2. The van der Waals surface area contributed by atoms with Crippen molar-refractivity contribution in [2.45, 2.75) is 36.5 Å². The van der Waals surface area contributed by atoms with Gasteiger partial charge in [0.1, 0.15) is 11.7 Å². The lowest BCUT2D eigenvalue weighted by Crippen LogP contribution is -2.82. The topological polar surface area (TPSA) is 180 Å². The number of piperazine rings is 1. The third kappa shape index (κ3) is 2.39. The highest BCUT2D eigenvalue weighted by Crippen LogP contribution is 2.32. The molecular weight excluding hydrogens is 300 g/mol. The quantitative estimate of drug-likeness (QED) is 0.286. The summed E-state index contributed by atoms with van der Waals surface area (Å²) in [5.74, 6) is -2.09. The van der Waals surface area contributed by atoms with Crippen molar-refractivity contribution in [3.8, 4) is 0 Å². The SMILES string of the molecule is C=C1CCOC2(C(O)C(C)(O)CO)NC(=O)C1(O)NC2=O.O. The van der Waals surface area contributed by atoms with Crippen LogP contribution in [-0.4, -0.2) is 74.1 Å². The van der Waals surface area contributed by atoms with Crippen LogP contribution in [0.2, 0.25) is 0 Å². The number of carbonyl (C=O) groups is 2. The van der Waals surface area contributed by atoms with E-state index in [0.29, 0.717) is 0 Å². The zero-order valence-corrected chi connectivity index (χ0v) is 11.9. The first-order valence-electron chi connectivity index (χ1n) is 6.31. The highest BCUT2D eigenvalue weighted by atomic mass is 16.5. The Balaban J connectivity index is 0.00000242. The molecule has 0 saturated carbocycles. The van der Waals surface area contributed by atoms with Crippen LogP contribution in [0.1, 0.15) is 13.3 Å². The van der Waals surface area contributed by atoms with Gasteiger partial charge in [-0.1, -0.05) is 6.58 Å². The minimum Gasteiger partial charge on any atom is -0.412 e. The Morgan fingerprint density at radius 2 is 2.00 bits per heavy atom. The van der Waals surface area contributed by atoms with Crippen molar-refractivity contribution < 1.29 is 40.2 Å². The summed E-state index contributed by atoms with van der Waals surface area (Å²) in [7, 11) is 0. The largest absolute Gasteiger partial charge is 0.412 e. The number of hydrogen-bond acceptors (Lipinski definition) is 7. The number of aliphatic hydroxyl groups excluding tert-OH is 2. The molecule has 10 heteroatoms. The number of ether oxygens (including phenoxy) is 1. The van der Waals surface area contributed by atoms with Crippen molar-refractivity contribution in [1.82, 2.24) is 10.6 Å². The zero-order chi connectivity index (χ0) is 16.1. The van der Waals surface area contributed by atoms with E-state index in [-0.39, 0.29) is 24.1 Å². The van der Waals surface area contributed by atoms with Crippen LogP contribution in [0.3, 0.4) is 0 Å². The Kier molecular flexibility index (Phi) is 4.68. The van der Waals surface area contributed by atoms with Gasteiger partial charge in [-0.05, 0) is 18.9 Å². The van der Waals surface area contributed by atoms with Gasteiger partial charge in [-0.25, -0.2) is 0 Å². The summed E-state index contributed by atoms with van der Waals surface area (Å²) in [5.41, 5.74) is -6.69. The molecule has 3 aliphatic heterocycles. The third-order valence-corrected chi connectivity index (χ3v) is 3.80. The second-order valence-corrected chi connectivity index (χ2v) is 5.47. The van der Waals surface area contributed by atoms with Gasteiger partial charge in [0.05, 0.1) is 13.2 Å². The molecule has 2 bridgehead atoms. The predicted molar refractivity (Wildman–Crippen MR) is 71.0 cm³/mol. The summed E-state index contributed by atoms with van der Waals surface area (Å²) < 4.78 is 5.27. The summed E-state index contributed by atoms with van der Waals surface area (Å²) >= 11 is 0. The van der Waals surface area contributed by atoms with Crippen molar-refractivity contribution in [3.05, 3.63) is 12.2 Å². The summed E-state index contributed by atoms with van der Waals surface area (Å²) in [4.78, 5) is 24.3. The van der Waals surface area contributed by atoms with Crippen LogP contribution in [0.15, 0.2) is 12.2 Å². The van der Waals surface area contributed by atoms with Crippen molar-refractivity contribution in [1.29, 1.82) is 0 Å². The monoisotopic (exact) mass is 320 g/mol. The van der Waals surface area contributed by atoms with Gasteiger partial charge in [-0.15, -0.1) is 0 Å². The fourth-order valence-electron chi connectivity index (χ4n) is 2.29. The smallest absolute Gasteiger partial charge is 0.280 e. The van der Waals surface area contributed by atoms with Gasteiger partial charge < -0.3 is 41.3 Å². The standard InChI is InChI=1S/C12H18N2O7.H2O/c1-6-3-4-21-12(7(16)10(2,19)5-15)9(18)13-11(6,20)8(17)14-12;/h7,15-16,19-20H,1,3-5H2,2H3,(H,13,18)(H,14,17);1H2. The Morgan fingerprint density at radius 1 is 1.41 bits per heavy atom. The first-order chi connectivity index (χ1) is 9.60. The molecule has 10 nitrogen and oxygen atoms in total. The summed E-state index contributed by atoms with van der Waals surface area (Å²) in [5, 5.41) is 43.6. The van der Waals surface area contributed by atoms with E-state index in [4.69, 9.17) is 9.84 Å². The maximum absolute atomic E-state index is 12.2. The molecule has 0 aliphatic carbocycles. The highest BCUT2D eigenvalue weighted by Gasteiger charge is 2.63. The van der Waals surface area contributed by atoms with Gasteiger partial charge in [0.15, 0.2) is 0 Å². The fourth-order valence-corrected chi connectivity index (χ4v) is 2.29. The molecule has 4 unspecified atom stereocenters. The van der Waals surface area contributed by atoms with E-state index < -0.39 is 41.6 Å². The Hall–Kier alpha value is -1.56. The Labute approximate surface area is 125 Å².